The number of amides is 1. The minimum Gasteiger partial charge on any atom is -0.497 e. The van der Waals surface area contributed by atoms with E-state index in [0.717, 1.165) is 53.2 Å². The van der Waals surface area contributed by atoms with Crippen LogP contribution in [0.1, 0.15) is 30.6 Å². The molecule has 0 fully saturated rings. The predicted molar refractivity (Wildman–Crippen MR) is 176 cm³/mol. The van der Waals surface area contributed by atoms with Crippen molar-refractivity contribution in [2.75, 3.05) is 38.8 Å². The summed E-state index contributed by atoms with van der Waals surface area (Å²) in [6, 6.07) is 18.9. The van der Waals surface area contributed by atoms with Gasteiger partial charge in [-0.05, 0) is 42.5 Å². The molecule has 1 amide bonds. The lowest BCUT2D eigenvalue weighted by Crippen LogP contribution is -2.32. The van der Waals surface area contributed by atoms with Crippen LogP contribution in [0.5, 0.6) is 17.2 Å². The third-order valence-corrected chi connectivity index (χ3v) is 7.32. The second-order valence-corrected chi connectivity index (χ2v) is 10.9. The van der Waals surface area contributed by atoms with Crippen molar-refractivity contribution in [3.8, 4) is 28.5 Å². The van der Waals surface area contributed by atoms with Crippen LogP contribution in [0.25, 0.3) is 22.3 Å². The minimum atomic E-state index is -0.566. The lowest BCUT2D eigenvalue weighted by atomic mass is 10.2. The molecule has 0 bridgehead atoms. The third-order valence-electron chi connectivity index (χ3n) is 7.32. The molecule has 0 saturated heterocycles. The van der Waals surface area contributed by atoms with E-state index < -0.39 is 5.91 Å². The van der Waals surface area contributed by atoms with E-state index in [4.69, 9.17) is 24.4 Å². The van der Waals surface area contributed by atoms with E-state index >= 15 is 0 Å². The Labute approximate surface area is 267 Å². The second-order valence-electron chi connectivity index (χ2n) is 10.9. The minimum absolute atomic E-state index is 0.348. The normalized spacial score (nSPS) is 11.1. The van der Waals surface area contributed by atoms with Crippen molar-refractivity contribution >= 4 is 28.3 Å². The number of nitrogens with one attached hydrogen (secondary N) is 2. The molecular formula is C34H39N7O5. The monoisotopic (exact) mass is 625 g/mol. The first-order valence-electron chi connectivity index (χ1n) is 15.1. The molecule has 240 valence electrons. The molecule has 2 heterocycles. The Morgan fingerprint density at radius 3 is 2.39 bits per heavy atom. The Hall–Kier alpha value is -5.20. The summed E-state index contributed by atoms with van der Waals surface area (Å²) in [6.45, 7) is 6.88. The van der Waals surface area contributed by atoms with Crippen molar-refractivity contribution < 1.29 is 24.2 Å². The number of methoxy groups -OCH3 is 2. The number of aryl methyl sites for hydroxylation is 1. The molecule has 0 atom stereocenters. The number of aromatic nitrogens is 4. The van der Waals surface area contributed by atoms with Gasteiger partial charge in [-0.3, -0.25) is 19.7 Å². The molecule has 0 radical (unpaired) electrons. The largest absolute Gasteiger partial charge is 0.497 e. The van der Waals surface area contributed by atoms with Crippen molar-refractivity contribution in [2.24, 2.45) is 0 Å². The number of carbonyl (C=O) groups excluding carboxylic acids is 1. The number of fused-ring (bicyclic) bond motifs is 1. The fraction of sp³-hybridized carbons (Fsp3) is 0.294. The van der Waals surface area contributed by atoms with Crippen LogP contribution in [0, 0.1) is 0 Å². The molecular weight excluding hydrogens is 586 g/mol. The zero-order valence-corrected chi connectivity index (χ0v) is 26.4. The number of rotatable bonds is 15. The summed E-state index contributed by atoms with van der Waals surface area (Å²) in [6.07, 6.45) is 6.24. The van der Waals surface area contributed by atoms with E-state index in [2.05, 4.69) is 46.3 Å². The van der Waals surface area contributed by atoms with Crippen LogP contribution in [0.2, 0.25) is 0 Å². The van der Waals surface area contributed by atoms with Crippen LogP contribution in [-0.4, -0.2) is 70.8 Å². The van der Waals surface area contributed by atoms with E-state index in [1.54, 1.807) is 56.4 Å². The molecule has 2 aromatic heterocycles. The highest BCUT2D eigenvalue weighted by Crippen LogP contribution is 2.34. The molecule has 5 rings (SSSR count). The zero-order chi connectivity index (χ0) is 32.5. The number of benzene rings is 3. The van der Waals surface area contributed by atoms with Gasteiger partial charge in [-0.1, -0.05) is 13.8 Å². The first-order chi connectivity index (χ1) is 22.4. The highest BCUT2D eigenvalue weighted by molar-refractivity contribution is 5.93. The van der Waals surface area contributed by atoms with Gasteiger partial charge >= 0.3 is 0 Å². The summed E-state index contributed by atoms with van der Waals surface area (Å²) >= 11 is 0. The molecule has 12 nitrogen and oxygen atoms in total. The maximum absolute atomic E-state index is 11.5. The second kappa shape index (κ2) is 15.2. The van der Waals surface area contributed by atoms with Gasteiger partial charge in [0.2, 0.25) is 0 Å². The van der Waals surface area contributed by atoms with Gasteiger partial charge in [0, 0.05) is 79.0 Å². The van der Waals surface area contributed by atoms with Gasteiger partial charge < -0.3 is 24.4 Å². The average Bonchev–Trinajstić information content (AvgIpc) is 3.56. The molecule has 0 spiro atoms. The topological polar surface area (TPSA) is 136 Å². The van der Waals surface area contributed by atoms with E-state index in [-0.39, 0.29) is 0 Å². The maximum atomic E-state index is 11.5. The number of anilines is 2. The molecule has 46 heavy (non-hydrogen) atoms. The Morgan fingerprint density at radius 1 is 0.935 bits per heavy atom. The molecule has 0 aliphatic heterocycles. The van der Waals surface area contributed by atoms with Crippen LogP contribution in [0.3, 0.4) is 0 Å². The van der Waals surface area contributed by atoms with Gasteiger partial charge in [0.25, 0.3) is 5.91 Å². The average molecular weight is 626 g/mol. The van der Waals surface area contributed by atoms with Gasteiger partial charge in [0.05, 0.1) is 49.9 Å². The summed E-state index contributed by atoms with van der Waals surface area (Å²) in [5.74, 6) is 1.50. The van der Waals surface area contributed by atoms with Crippen LogP contribution in [0.15, 0.2) is 79.3 Å². The highest BCUT2D eigenvalue weighted by Gasteiger charge is 2.15. The van der Waals surface area contributed by atoms with Crippen LogP contribution >= 0.6 is 0 Å². The Kier molecular flexibility index (Phi) is 10.6. The molecule has 0 aliphatic carbocycles. The number of nitrogens with zero attached hydrogens (tertiary/aromatic N) is 5. The molecule has 0 saturated carbocycles. The quantitative estimate of drug-likeness (QED) is 0.0806. The number of ether oxygens (including phenoxy) is 3. The molecule has 5 aromatic rings. The summed E-state index contributed by atoms with van der Waals surface area (Å²) in [5.41, 5.74) is 7.05. The molecule has 3 aromatic carbocycles. The van der Waals surface area contributed by atoms with Crippen LogP contribution in [-0.2, 0) is 6.54 Å². The Balaban J connectivity index is 1.29. The highest BCUT2D eigenvalue weighted by atomic mass is 16.5. The molecule has 0 unspecified atom stereocenters. The first kappa shape index (κ1) is 32.2. The summed E-state index contributed by atoms with van der Waals surface area (Å²) in [5, 5.41) is 16.8. The Bertz CT molecular complexity index is 1730. The van der Waals surface area contributed by atoms with Crippen molar-refractivity contribution in [1.29, 1.82) is 0 Å². The fourth-order valence-electron chi connectivity index (χ4n) is 4.93. The van der Waals surface area contributed by atoms with Crippen LogP contribution in [0.4, 0.5) is 11.4 Å². The Morgan fingerprint density at radius 2 is 1.70 bits per heavy atom. The van der Waals surface area contributed by atoms with Gasteiger partial charge in [-0.15, -0.1) is 0 Å². The number of hydroxylamine groups is 1. The van der Waals surface area contributed by atoms with Crippen molar-refractivity contribution in [3.63, 3.8) is 0 Å². The summed E-state index contributed by atoms with van der Waals surface area (Å²) < 4.78 is 18.7. The molecule has 12 heteroatoms. The van der Waals surface area contributed by atoms with Crippen molar-refractivity contribution in [1.82, 2.24) is 30.5 Å². The maximum Gasteiger partial charge on any atom is 0.274 e. The van der Waals surface area contributed by atoms with Gasteiger partial charge in [-0.2, -0.15) is 5.10 Å². The number of hydrogen-bond acceptors (Lipinski definition) is 10. The number of carbonyl (C=O) groups is 1. The standard InChI is InChI=1S/C34H39N7O5/c1-23(2)35-12-14-41(27-16-29(44-3)19-30(17-27)45-4)26-8-11-31-32(18-26)38-33(21-36-31)25-20-37-40(22-25)13-5-15-46-28-9-6-24(7-10-28)34(42)39-43/h6-11,16-23,35,43H,5,12-15H2,1-4H3,(H,39,42). The van der Waals surface area contributed by atoms with Gasteiger partial charge in [0.15, 0.2) is 0 Å². The van der Waals surface area contributed by atoms with E-state index in [1.807, 2.05) is 35.1 Å². The van der Waals surface area contributed by atoms with Crippen molar-refractivity contribution in [3.05, 3.63) is 84.8 Å². The van der Waals surface area contributed by atoms with E-state index in [9.17, 15) is 4.79 Å². The summed E-state index contributed by atoms with van der Waals surface area (Å²) in [7, 11) is 3.30. The van der Waals surface area contributed by atoms with Gasteiger partial charge in [-0.25, -0.2) is 10.5 Å². The van der Waals surface area contributed by atoms with E-state index in [1.165, 1.54) is 0 Å². The lowest BCUT2D eigenvalue weighted by molar-refractivity contribution is 0.0706. The number of hydrogen-bond donors (Lipinski definition) is 3. The first-order valence-corrected chi connectivity index (χ1v) is 15.1. The van der Waals surface area contributed by atoms with E-state index in [0.29, 0.717) is 42.0 Å². The SMILES string of the molecule is COc1cc(OC)cc(N(CCNC(C)C)c2ccc3ncc(-c4cnn(CCCOc5ccc(C(=O)NO)cc5)c4)nc3c2)c1. The van der Waals surface area contributed by atoms with Crippen molar-refractivity contribution in [2.45, 2.75) is 32.9 Å². The summed E-state index contributed by atoms with van der Waals surface area (Å²) in [4.78, 5) is 23.3. The smallest absolute Gasteiger partial charge is 0.274 e. The zero-order valence-electron chi connectivity index (χ0n) is 26.4. The molecule has 3 N–H and O–H groups in total. The fourth-order valence-corrected chi connectivity index (χ4v) is 4.93. The van der Waals surface area contributed by atoms with Crippen LogP contribution < -0.4 is 29.9 Å². The van der Waals surface area contributed by atoms with Gasteiger partial charge in [0.1, 0.15) is 17.2 Å². The molecule has 0 aliphatic rings. The third kappa shape index (κ3) is 8.09. The lowest BCUT2D eigenvalue weighted by Gasteiger charge is -2.27. The predicted octanol–water partition coefficient (Wildman–Crippen LogP) is 5.23.